The Morgan fingerprint density at radius 1 is 1.14 bits per heavy atom. The van der Waals surface area contributed by atoms with Crippen LogP contribution in [0.3, 0.4) is 0 Å². The van der Waals surface area contributed by atoms with E-state index in [0.29, 0.717) is 12.5 Å². The molecule has 1 aromatic rings. The van der Waals surface area contributed by atoms with Gasteiger partial charge in [-0.2, -0.15) is 0 Å². The van der Waals surface area contributed by atoms with Crippen molar-refractivity contribution in [3.8, 4) is 0 Å². The van der Waals surface area contributed by atoms with Crippen LogP contribution in [0.1, 0.15) is 49.5 Å². The first-order valence-corrected chi connectivity index (χ1v) is 10.1. The van der Waals surface area contributed by atoms with Gasteiger partial charge in [0.05, 0.1) is 5.25 Å². The molecule has 0 radical (unpaired) electrons. The van der Waals surface area contributed by atoms with Crippen molar-refractivity contribution in [1.82, 2.24) is 14.9 Å². The summed E-state index contributed by atoms with van der Waals surface area (Å²) < 4.78 is 27.0. The van der Waals surface area contributed by atoms with Crippen LogP contribution in [0.5, 0.6) is 0 Å². The Morgan fingerprint density at radius 2 is 1.95 bits per heavy atom. The summed E-state index contributed by atoms with van der Waals surface area (Å²) in [5.74, 6) is 0.630. The summed E-state index contributed by atoms with van der Waals surface area (Å²) in [5, 5.41) is 10.5. The van der Waals surface area contributed by atoms with Gasteiger partial charge < -0.3 is 4.90 Å². The van der Waals surface area contributed by atoms with E-state index in [2.05, 4.69) is 19.8 Å². The van der Waals surface area contributed by atoms with Crippen molar-refractivity contribution >= 4 is 26.5 Å². The Hall–Kier alpha value is -0.730. The molecule has 8 heteroatoms. The zero-order valence-electron chi connectivity index (χ0n) is 11.9. The number of anilines is 1. The average molecular weight is 328 g/mol. The van der Waals surface area contributed by atoms with Crippen LogP contribution in [0.2, 0.25) is 0 Å². The fraction of sp³-hybridized carbons (Fsp3) is 0.846. The van der Waals surface area contributed by atoms with Crippen molar-refractivity contribution < 1.29 is 8.42 Å². The van der Waals surface area contributed by atoms with Gasteiger partial charge in [0.15, 0.2) is 0 Å². The summed E-state index contributed by atoms with van der Waals surface area (Å²) >= 11 is 1.68. The highest BCUT2D eigenvalue weighted by Gasteiger charge is 2.38. The zero-order chi connectivity index (χ0) is 14.4. The van der Waals surface area contributed by atoms with E-state index in [1.54, 1.807) is 11.3 Å². The van der Waals surface area contributed by atoms with Gasteiger partial charge in [-0.25, -0.2) is 13.1 Å². The van der Waals surface area contributed by atoms with E-state index >= 15 is 0 Å². The Morgan fingerprint density at radius 3 is 2.67 bits per heavy atom. The molecule has 1 aromatic heterocycles. The molecule has 6 nitrogen and oxygen atoms in total. The maximum absolute atomic E-state index is 12.1. The lowest BCUT2D eigenvalue weighted by atomic mass is 10.1. The molecule has 116 valence electrons. The SMILES string of the molecule is O=S(=O)(NC1CCCN(c2nnc(C3CC3)s2)C1)C1CC1. The zero-order valence-corrected chi connectivity index (χ0v) is 13.5. The van der Waals surface area contributed by atoms with Gasteiger partial charge in [-0.3, -0.25) is 0 Å². The third-order valence-corrected chi connectivity index (χ3v) is 7.50. The van der Waals surface area contributed by atoms with Crippen LogP contribution in [0, 0.1) is 0 Å². The smallest absolute Gasteiger partial charge is 0.214 e. The van der Waals surface area contributed by atoms with Crippen LogP contribution in [0.4, 0.5) is 5.13 Å². The summed E-state index contributed by atoms with van der Waals surface area (Å²) in [6.45, 7) is 1.66. The van der Waals surface area contributed by atoms with Crippen LogP contribution in [0.25, 0.3) is 0 Å². The van der Waals surface area contributed by atoms with Crippen LogP contribution < -0.4 is 9.62 Å². The van der Waals surface area contributed by atoms with E-state index in [0.717, 1.165) is 42.4 Å². The summed E-state index contributed by atoms with van der Waals surface area (Å²) in [7, 11) is -3.10. The molecule has 0 bridgehead atoms. The van der Waals surface area contributed by atoms with Crippen LogP contribution in [0.15, 0.2) is 0 Å². The highest BCUT2D eigenvalue weighted by molar-refractivity contribution is 7.90. The van der Waals surface area contributed by atoms with Gasteiger partial charge in [-0.05, 0) is 38.5 Å². The van der Waals surface area contributed by atoms with Crippen molar-refractivity contribution in [3.63, 3.8) is 0 Å². The second kappa shape index (κ2) is 5.17. The van der Waals surface area contributed by atoms with Crippen molar-refractivity contribution in [2.75, 3.05) is 18.0 Å². The molecule has 1 aliphatic heterocycles. The van der Waals surface area contributed by atoms with E-state index in [1.807, 2.05) is 0 Å². The van der Waals surface area contributed by atoms with E-state index in [9.17, 15) is 8.42 Å². The summed E-state index contributed by atoms with van der Waals surface area (Å²) in [6, 6.07) is 0.0117. The molecule has 0 amide bonds. The van der Waals surface area contributed by atoms with Crippen molar-refractivity contribution in [2.24, 2.45) is 0 Å². The molecule has 2 heterocycles. The molecule has 0 spiro atoms. The van der Waals surface area contributed by atoms with Gasteiger partial charge in [-0.15, -0.1) is 10.2 Å². The number of hydrogen-bond donors (Lipinski definition) is 1. The molecule has 1 atom stereocenters. The normalized spacial score (nSPS) is 27.0. The number of hydrogen-bond acceptors (Lipinski definition) is 6. The van der Waals surface area contributed by atoms with E-state index in [1.165, 1.54) is 12.8 Å². The molecule has 21 heavy (non-hydrogen) atoms. The van der Waals surface area contributed by atoms with Crippen molar-refractivity contribution in [3.05, 3.63) is 5.01 Å². The van der Waals surface area contributed by atoms with Gasteiger partial charge in [0.2, 0.25) is 15.2 Å². The Labute approximate surface area is 129 Å². The maximum atomic E-state index is 12.1. The minimum absolute atomic E-state index is 0.0117. The first-order chi connectivity index (χ1) is 10.1. The number of nitrogens with zero attached hydrogens (tertiary/aromatic N) is 3. The summed E-state index contributed by atoms with van der Waals surface area (Å²) in [6.07, 6.45) is 6.00. The molecule has 2 saturated carbocycles. The Kier molecular flexibility index (Phi) is 3.42. The molecule has 1 unspecified atom stereocenters. The molecular weight excluding hydrogens is 308 g/mol. The number of aromatic nitrogens is 2. The largest absolute Gasteiger partial charge is 0.345 e. The minimum Gasteiger partial charge on any atom is -0.345 e. The highest BCUT2D eigenvalue weighted by Crippen LogP contribution is 2.42. The topological polar surface area (TPSA) is 75.2 Å². The van der Waals surface area contributed by atoms with E-state index < -0.39 is 10.0 Å². The lowest BCUT2D eigenvalue weighted by Gasteiger charge is -2.32. The fourth-order valence-corrected chi connectivity index (χ4v) is 5.46. The van der Waals surface area contributed by atoms with Crippen LogP contribution in [-0.4, -0.2) is 43.0 Å². The molecule has 1 N–H and O–H groups in total. The first kappa shape index (κ1) is 13.9. The quantitative estimate of drug-likeness (QED) is 0.886. The lowest BCUT2D eigenvalue weighted by molar-refractivity contribution is 0.464. The standard InChI is InChI=1S/C13H20N4O2S2/c18-21(19,11-5-6-11)16-10-2-1-7-17(8-10)13-15-14-12(20-13)9-3-4-9/h9-11,16H,1-8H2. The highest BCUT2D eigenvalue weighted by atomic mass is 32.2. The minimum atomic E-state index is -3.10. The monoisotopic (exact) mass is 328 g/mol. The van der Waals surface area contributed by atoms with Crippen molar-refractivity contribution in [2.45, 2.75) is 55.7 Å². The van der Waals surface area contributed by atoms with E-state index in [4.69, 9.17) is 0 Å². The average Bonchev–Trinajstić information content (AvgIpc) is 3.36. The first-order valence-electron chi connectivity index (χ1n) is 7.71. The Bertz CT molecular complexity index is 622. The molecule has 4 rings (SSSR count). The summed E-state index contributed by atoms with van der Waals surface area (Å²) in [5.41, 5.74) is 0. The van der Waals surface area contributed by atoms with Gasteiger partial charge in [0.25, 0.3) is 0 Å². The third kappa shape index (κ3) is 3.07. The van der Waals surface area contributed by atoms with Gasteiger partial charge in [-0.1, -0.05) is 11.3 Å². The van der Waals surface area contributed by atoms with E-state index in [-0.39, 0.29) is 11.3 Å². The second-order valence-electron chi connectivity index (χ2n) is 6.34. The number of sulfonamides is 1. The Balaban J connectivity index is 1.41. The number of rotatable bonds is 5. The van der Waals surface area contributed by atoms with Crippen molar-refractivity contribution in [1.29, 1.82) is 0 Å². The lowest BCUT2D eigenvalue weighted by Crippen LogP contribution is -2.48. The number of nitrogens with one attached hydrogen (secondary N) is 1. The molecule has 2 aliphatic carbocycles. The number of piperidine rings is 1. The summed E-state index contributed by atoms with van der Waals surface area (Å²) in [4.78, 5) is 2.19. The van der Waals surface area contributed by atoms with Crippen LogP contribution in [-0.2, 0) is 10.0 Å². The fourth-order valence-electron chi connectivity index (χ4n) is 2.80. The predicted octanol–water partition coefficient (Wildman–Crippen LogP) is 1.47. The molecule has 3 fully saturated rings. The second-order valence-corrected chi connectivity index (χ2v) is 9.32. The third-order valence-electron chi connectivity index (χ3n) is 4.34. The maximum Gasteiger partial charge on any atom is 0.214 e. The molecule has 1 saturated heterocycles. The molecule has 0 aromatic carbocycles. The van der Waals surface area contributed by atoms with Gasteiger partial charge in [0.1, 0.15) is 5.01 Å². The van der Waals surface area contributed by atoms with Crippen LogP contribution >= 0.6 is 11.3 Å². The van der Waals surface area contributed by atoms with Gasteiger partial charge in [0, 0.05) is 25.0 Å². The molecular formula is C13H20N4O2S2. The predicted molar refractivity (Wildman–Crippen MR) is 82.2 cm³/mol. The van der Waals surface area contributed by atoms with Gasteiger partial charge >= 0.3 is 0 Å². The molecule has 3 aliphatic rings.